The van der Waals surface area contributed by atoms with E-state index in [-0.39, 0.29) is 44.0 Å². The van der Waals surface area contributed by atoms with Gasteiger partial charge in [-0.3, -0.25) is 33.7 Å². The van der Waals surface area contributed by atoms with E-state index in [0.717, 1.165) is 4.90 Å². The molecule has 0 saturated carbocycles. The molecule has 1 rings (SSSR count). The largest absolute Gasteiger partial charge is 0.480 e. The summed E-state index contributed by atoms with van der Waals surface area (Å²) >= 11 is 0. The number of aliphatic carboxylic acids is 1. The van der Waals surface area contributed by atoms with Crippen molar-refractivity contribution in [1.82, 2.24) is 26.2 Å². The summed E-state index contributed by atoms with van der Waals surface area (Å²) in [5.41, 5.74) is 0. The topological polar surface area (TPSA) is 200 Å². The Morgan fingerprint density at radius 3 is 1.82 bits per heavy atom. The Labute approximate surface area is 189 Å². The minimum absolute atomic E-state index is 0.166. The summed E-state index contributed by atoms with van der Waals surface area (Å²) in [6.45, 7) is -1.73. The number of carbonyl (C=O) groups excluding carboxylic acids is 6. The molecular formula is C19H27N5O9. The highest BCUT2D eigenvalue weighted by Crippen LogP contribution is 2.07. The van der Waals surface area contributed by atoms with Crippen molar-refractivity contribution in [2.45, 2.75) is 25.7 Å². The number of ether oxygens (including phenoxy) is 1. The molecule has 0 spiro atoms. The molecule has 33 heavy (non-hydrogen) atoms. The van der Waals surface area contributed by atoms with Crippen LogP contribution in [0.15, 0.2) is 12.2 Å². The van der Waals surface area contributed by atoms with Gasteiger partial charge in [0.05, 0.1) is 19.6 Å². The molecule has 0 aliphatic carbocycles. The molecule has 14 heteroatoms. The Balaban J connectivity index is 2.02. The molecule has 0 aromatic carbocycles. The summed E-state index contributed by atoms with van der Waals surface area (Å²) < 4.78 is 4.60. The van der Waals surface area contributed by atoms with Crippen molar-refractivity contribution in [3.8, 4) is 0 Å². The van der Waals surface area contributed by atoms with Gasteiger partial charge in [0.2, 0.25) is 23.6 Å². The first-order chi connectivity index (χ1) is 15.7. The van der Waals surface area contributed by atoms with E-state index < -0.39 is 43.4 Å². The zero-order valence-electron chi connectivity index (χ0n) is 17.9. The lowest BCUT2D eigenvalue weighted by molar-refractivity contribution is -0.143. The molecule has 14 nitrogen and oxygen atoms in total. The molecule has 0 atom stereocenters. The van der Waals surface area contributed by atoms with E-state index in [1.165, 1.54) is 12.2 Å². The number of nitrogens with zero attached hydrogens (tertiary/aromatic N) is 1. The molecule has 0 bridgehead atoms. The highest BCUT2D eigenvalue weighted by Gasteiger charge is 2.22. The van der Waals surface area contributed by atoms with Crippen molar-refractivity contribution in [2.75, 3.05) is 39.5 Å². The van der Waals surface area contributed by atoms with Crippen LogP contribution in [-0.4, -0.2) is 90.9 Å². The van der Waals surface area contributed by atoms with Crippen LogP contribution in [0.5, 0.6) is 0 Å². The molecule has 1 aliphatic heterocycles. The summed E-state index contributed by atoms with van der Waals surface area (Å²) in [6, 6.07) is 0. The Morgan fingerprint density at radius 2 is 1.27 bits per heavy atom. The van der Waals surface area contributed by atoms with Crippen molar-refractivity contribution in [2.24, 2.45) is 0 Å². The average molecular weight is 469 g/mol. The Hall–Kier alpha value is -3.81. The summed E-state index contributed by atoms with van der Waals surface area (Å²) in [5.74, 6) is -4.07. The van der Waals surface area contributed by atoms with E-state index in [1.807, 2.05) is 0 Å². The van der Waals surface area contributed by atoms with Crippen molar-refractivity contribution < 1.29 is 43.4 Å². The predicted molar refractivity (Wildman–Crippen MR) is 110 cm³/mol. The third-order valence-electron chi connectivity index (χ3n) is 4.12. The highest BCUT2D eigenvalue weighted by atomic mass is 16.5. The fourth-order valence-electron chi connectivity index (χ4n) is 2.47. The quantitative estimate of drug-likeness (QED) is 0.0887. The zero-order chi connectivity index (χ0) is 24.6. The fraction of sp³-hybridized carbons (Fsp3) is 0.526. The second-order valence-corrected chi connectivity index (χ2v) is 6.79. The zero-order valence-corrected chi connectivity index (χ0v) is 17.9. The number of carboxylic acid groups (broad SMARTS) is 1. The lowest BCUT2D eigenvalue weighted by atomic mass is 10.2. The average Bonchev–Trinajstić information content (AvgIpc) is 3.09. The van der Waals surface area contributed by atoms with Gasteiger partial charge in [0.1, 0.15) is 13.3 Å². The number of hydrogen-bond acceptors (Lipinski definition) is 8. The predicted octanol–water partition coefficient (Wildman–Crippen LogP) is -3.00. The van der Waals surface area contributed by atoms with Gasteiger partial charge in [-0.15, -0.1) is 0 Å². The number of amides is 6. The second kappa shape index (κ2) is 15.1. The molecule has 1 heterocycles. The van der Waals surface area contributed by atoms with Crippen molar-refractivity contribution in [3.63, 3.8) is 0 Å². The Morgan fingerprint density at radius 1 is 0.758 bits per heavy atom. The number of imide groups is 1. The van der Waals surface area contributed by atoms with Crippen LogP contribution in [0.4, 0.5) is 0 Å². The first-order valence-corrected chi connectivity index (χ1v) is 10.1. The number of nitrogens with one attached hydrogen (secondary N) is 4. The third-order valence-corrected chi connectivity index (χ3v) is 4.12. The van der Waals surface area contributed by atoms with Crippen LogP contribution >= 0.6 is 0 Å². The maximum absolute atomic E-state index is 11.7. The standard InChI is InChI=1S/C19H27N5O9/c25-13(4-2-1-3-7-24-17(29)5-6-18(24)30)20-8-14(26)21-9-15(27)22-10-16(28)23-12-33-11-19(31)32/h5-6H,1-4,7-12H2,(H,20,25)(H,21,26)(H,22,27)(H,23,28)(H,31,32). The first kappa shape index (κ1) is 27.2. The summed E-state index contributed by atoms with van der Waals surface area (Å²) in [7, 11) is 0. The highest BCUT2D eigenvalue weighted by molar-refractivity contribution is 6.12. The summed E-state index contributed by atoms with van der Waals surface area (Å²) in [4.78, 5) is 80.6. The van der Waals surface area contributed by atoms with Crippen LogP contribution in [0.3, 0.4) is 0 Å². The fourth-order valence-corrected chi connectivity index (χ4v) is 2.47. The Bertz CT molecular complexity index is 779. The van der Waals surface area contributed by atoms with E-state index in [9.17, 15) is 33.6 Å². The number of hydrogen-bond donors (Lipinski definition) is 5. The van der Waals surface area contributed by atoms with Crippen LogP contribution in [0.2, 0.25) is 0 Å². The molecule has 0 radical (unpaired) electrons. The third kappa shape index (κ3) is 12.6. The molecule has 0 fully saturated rings. The van der Waals surface area contributed by atoms with Crippen molar-refractivity contribution in [3.05, 3.63) is 12.2 Å². The summed E-state index contributed by atoms with van der Waals surface area (Å²) in [5, 5.41) is 17.5. The molecule has 182 valence electrons. The first-order valence-electron chi connectivity index (χ1n) is 10.1. The van der Waals surface area contributed by atoms with Gasteiger partial charge in [-0.1, -0.05) is 6.42 Å². The van der Waals surface area contributed by atoms with Gasteiger partial charge >= 0.3 is 5.97 Å². The van der Waals surface area contributed by atoms with Crippen molar-refractivity contribution >= 4 is 41.4 Å². The molecule has 0 saturated heterocycles. The Kier molecular flexibility index (Phi) is 12.4. The molecular weight excluding hydrogens is 442 g/mol. The number of carboxylic acids is 1. The molecule has 1 aliphatic rings. The molecule has 6 amide bonds. The monoisotopic (exact) mass is 469 g/mol. The van der Waals surface area contributed by atoms with Gasteiger partial charge in [-0.25, -0.2) is 4.79 Å². The van der Waals surface area contributed by atoms with Gasteiger partial charge < -0.3 is 31.1 Å². The minimum Gasteiger partial charge on any atom is -0.480 e. The van der Waals surface area contributed by atoms with Crippen LogP contribution < -0.4 is 21.3 Å². The van der Waals surface area contributed by atoms with Crippen molar-refractivity contribution in [1.29, 1.82) is 0 Å². The maximum Gasteiger partial charge on any atom is 0.329 e. The lowest BCUT2D eigenvalue weighted by Gasteiger charge is -2.13. The second-order valence-electron chi connectivity index (χ2n) is 6.79. The number of carbonyl (C=O) groups is 7. The van der Waals surface area contributed by atoms with E-state index >= 15 is 0 Å². The van der Waals surface area contributed by atoms with Crippen LogP contribution in [-0.2, 0) is 38.3 Å². The minimum atomic E-state index is -1.19. The van der Waals surface area contributed by atoms with E-state index in [4.69, 9.17) is 5.11 Å². The van der Waals surface area contributed by atoms with E-state index in [1.54, 1.807) is 0 Å². The number of rotatable bonds is 16. The van der Waals surface area contributed by atoms with Gasteiger partial charge in [0.25, 0.3) is 11.8 Å². The van der Waals surface area contributed by atoms with Gasteiger partial charge in [0, 0.05) is 25.1 Å². The van der Waals surface area contributed by atoms with E-state index in [2.05, 4.69) is 26.0 Å². The molecule has 0 unspecified atom stereocenters. The molecule has 0 aromatic rings. The van der Waals surface area contributed by atoms with Crippen LogP contribution in [0.1, 0.15) is 25.7 Å². The molecule has 0 aromatic heterocycles. The lowest BCUT2D eigenvalue weighted by Crippen LogP contribution is -2.44. The van der Waals surface area contributed by atoms with Gasteiger partial charge in [0.15, 0.2) is 0 Å². The smallest absolute Gasteiger partial charge is 0.329 e. The normalized spacial score (nSPS) is 12.4. The van der Waals surface area contributed by atoms with Gasteiger partial charge in [-0.05, 0) is 12.8 Å². The van der Waals surface area contributed by atoms with Crippen LogP contribution in [0.25, 0.3) is 0 Å². The van der Waals surface area contributed by atoms with Crippen LogP contribution in [0, 0.1) is 0 Å². The maximum atomic E-state index is 11.7. The summed E-state index contributed by atoms with van der Waals surface area (Å²) in [6.07, 6.45) is 4.29. The SMILES string of the molecule is O=C(O)COCNC(=O)CNC(=O)CNC(=O)CNC(=O)CCCCCN1C(=O)C=CC1=O. The van der Waals surface area contributed by atoms with Gasteiger partial charge in [-0.2, -0.15) is 0 Å². The number of unbranched alkanes of at least 4 members (excludes halogenated alkanes) is 2. The van der Waals surface area contributed by atoms with E-state index in [0.29, 0.717) is 19.3 Å². The molecule has 5 N–H and O–H groups in total.